The van der Waals surface area contributed by atoms with Crippen LogP contribution in [0.2, 0.25) is 0 Å². The van der Waals surface area contributed by atoms with E-state index in [2.05, 4.69) is 15.5 Å². The van der Waals surface area contributed by atoms with Gasteiger partial charge in [0.05, 0.1) is 16.9 Å². The number of hydrogen-bond donors (Lipinski definition) is 3. The summed E-state index contributed by atoms with van der Waals surface area (Å²) in [5.41, 5.74) is 6.21. The van der Waals surface area contributed by atoms with Gasteiger partial charge in [0, 0.05) is 12.3 Å². The van der Waals surface area contributed by atoms with Crippen LogP contribution in [0.25, 0.3) is 11.1 Å². The fourth-order valence-corrected chi connectivity index (χ4v) is 4.70. The van der Waals surface area contributed by atoms with E-state index in [1.807, 2.05) is 48.5 Å². The van der Waals surface area contributed by atoms with Crippen LogP contribution in [0.1, 0.15) is 33.0 Å². The first-order valence-electron chi connectivity index (χ1n) is 12.6. The molecule has 1 amide bonds. The summed E-state index contributed by atoms with van der Waals surface area (Å²) in [5.74, 6) is -2.33. The largest absolute Gasteiger partial charge is 0.480 e. The first kappa shape index (κ1) is 26.3. The number of benzene rings is 4. The summed E-state index contributed by atoms with van der Waals surface area (Å²) in [6.07, 6.45) is -0.748. The van der Waals surface area contributed by atoms with Crippen molar-refractivity contribution in [2.24, 2.45) is 10.2 Å². The Balaban J connectivity index is 1.18. The number of carbonyl (C=O) groups excluding carboxylic acids is 1. The van der Waals surface area contributed by atoms with Gasteiger partial charge in [-0.2, -0.15) is 10.2 Å². The molecular weight excluding hydrogens is 510 g/mol. The Hall–Kier alpha value is -5.31. The van der Waals surface area contributed by atoms with Gasteiger partial charge < -0.3 is 20.3 Å². The minimum absolute atomic E-state index is 0.0492. The molecule has 0 heterocycles. The molecule has 0 saturated carbocycles. The van der Waals surface area contributed by atoms with E-state index in [4.69, 9.17) is 9.84 Å². The summed E-state index contributed by atoms with van der Waals surface area (Å²) in [5, 5.41) is 29.3. The molecule has 1 aliphatic rings. The van der Waals surface area contributed by atoms with E-state index in [9.17, 15) is 19.5 Å². The van der Waals surface area contributed by atoms with E-state index in [1.165, 1.54) is 12.1 Å². The fraction of sp³-hybridized carbons (Fsp3) is 0.129. The van der Waals surface area contributed by atoms with Crippen molar-refractivity contribution in [3.05, 3.63) is 119 Å². The molecule has 1 atom stereocenters. The number of carboxylic acid groups (broad SMARTS) is 2. The van der Waals surface area contributed by atoms with Crippen molar-refractivity contribution in [3.8, 4) is 11.1 Å². The van der Waals surface area contributed by atoms with Crippen LogP contribution in [0.4, 0.5) is 16.2 Å². The number of ether oxygens (including phenoxy) is 1. The lowest BCUT2D eigenvalue weighted by atomic mass is 9.98. The van der Waals surface area contributed by atoms with Gasteiger partial charge in [0.1, 0.15) is 12.6 Å². The number of carboxylic acids is 2. The molecule has 0 aliphatic heterocycles. The van der Waals surface area contributed by atoms with Gasteiger partial charge in [-0.25, -0.2) is 14.4 Å². The van der Waals surface area contributed by atoms with E-state index >= 15 is 0 Å². The molecule has 200 valence electrons. The van der Waals surface area contributed by atoms with E-state index in [0.717, 1.165) is 22.3 Å². The van der Waals surface area contributed by atoms with Gasteiger partial charge in [0.2, 0.25) is 0 Å². The molecule has 9 heteroatoms. The molecule has 0 unspecified atom stereocenters. The highest BCUT2D eigenvalue weighted by Crippen LogP contribution is 2.44. The number of carbonyl (C=O) groups is 3. The third-order valence-electron chi connectivity index (χ3n) is 6.71. The maximum atomic E-state index is 12.6. The molecule has 4 aromatic carbocycles. The molecule has 9 nitrogen and oxygen atoms in total. The Labute approximate surface area is 229 Å². The van der Waals surface area contributed by atoms with Crippen molar-refractivity contribution in [3.63, 3.8) is 0 Å². The number of aliphatic carboxylic acids is 1. The van der Waals surface area contributed by atoms with Crippen molar-refractivity contribution in [2.75, 3.05) is 6.61 Å². The van der Waals surface area contributed by atoms with Crippen LogP contribution in [-0.2, 0) is 16.0 Å². The second-order valence-electron chi connectivity index (χ2n) is 9.28. The number of rotatable bonds is 9. The molecule has 1 aliphatic carbocycles. The molecule has 4 aromatic rings. The van der Waals surface area contributed by atoms with Crippen LogP contribution >= 0.6 is 0 Å². The number of aromatic carboxylic acids is 1. The number of nitrogens with one attached hydrogen (secondary N) is 1. The summed E-state index contributed by atoms with van der Waals surface area (Å²) in [6, 6.07) is 27.5. The number of fused-ring (bicyclic) bond motifs is 3. The van der Waals surface area contributed by atoms with Crippen LogP contribution in [0.5, 0.6) is 0 Å². The quantitative estimate of drug-likeness (QED) is 0.214. The lowest BCUT2D eigenvalue weighted by Gasteiger charge is -2.17. The zero-order valence-electron chi connectivity index (χ0n) is 21.2. The average Bonchev–Trinajstić information content (AvgIpc) is 3.29. The Bertz CT molecular complexity index is 1540. The Kier molecular flexibility index (Phi) is 7.63. The van der Waals surface area contributed by atoms with Gasteiger partial charge in [-0.05, 0) is 64.2 Å². The highest BCUT2D eigenvalue weighted by molar-refractivity contribution is 5.88. The molecule has 0 spiro atoms. The smallest absolute Gasteiger partial charge is 0.407 e. The maximum absolute atomic E-state index is 12.6. The van der Waals surface area contributed by atoms with Crippen molar-refractivity contribution < 1.29 is 29.3 Å². The lowest BCUT2D eigenvalue weighted by molar-refractivity contribution is -0.139. The zero-order valence-corrected chi connectivity index (χ0v) is 21.2. The Morgan fingerprint density at radius 2 is 1.27 bits per heavy atom. The monoisotopic (exact) mass is 535 g/mol. The van der Waals surface area contributed by atoms with Crippen molar-refractivity contribution in [1.29, 1.82) is 0 Å². The highest BCUT2D eigenvalue weighted by Gasteiger charge is 2.29. The minimum atomic E-state index is -1.18. The SMILES string of the molecule is O=C(N[C@@H](Cc1ccc(N=Nc2ccc(C(=O)O)cc2)cc1)C(=O)O)OCC1c2ccccc2-c2ccccc21. The van der Waals surface area contributed by atoms with Crippen molar-refractivity contribution >= 4 is 29.4 Å². The van der Waals surface area contributed by atoms with Gasteiger partial charge in [0.15, 0.2) is 0 Å². The predicted octanol–water partition coefficient (Wildman–Crippen LogP) is 6.33. The van der Waals surface area contributed by atoms with Gasteiger partial charge in [-0.1, -0.05) is 60.7 Å². The van der Waals surface area contributed by atoms with Crippen LogP contribution in [0.3, 0.4) is 0 Å². The van der Waals surface area contributed by atoms with Gasteiger partial charge >= 0.3 is 18.0 Å². The second kappa shape index (κ2) is 11.6. The average molecular weight is 536 g/mol. The third kappa shape index (κ3) is 5.88. The third-order valence-corrected chi connectivity index (χ3v) is 6.71. The molecule has 40 heavy (non-hydrogen) atoms. The molecule has 0 saturated heterocycles. The zero-order chi connectivity index (χ0) is 28.1. The maximum Gasteiger partial charge on any atom is 0.407 e. The minimum Gasteiger partial charge on any atom is -0.480 e. The normalized spacial score (nSPS) is 12.9. The van der Waals surface area contributed by atoms with Crippen molar-refractivity contribution in [1.82, 2.24) is 5.32 Å². The molecule has 0 bridgehead atoms. The summed E-state index contributed by atoms with van der Waals surface area (Å²) in [4.78, 5) is 35.4. The summed E-state index contributed by atoms with van der Waals surface area (Å²) < 4.78 is 5.50. The summed E-state index contributed by atoms with van der Waals surface area (Å²) >= 11 is 0. The number of azo groups is 1. The summed E-state index contributed by atoms with van der Waals surface area (Å²) in [7, 11) is 0. The molecule has 0 fully saturated rings. The Morgan fingerprint density at radius 3 is 1.80 bits per heavy atom. The van der Waals surface area contributed by atoms with E-state index < -0.39 is 24.1 Å². The number of amides is 1. The molecule has 5 rings (SSSR count). The second-order valence-corrected chi connectivity index (χ2v) is 9.28. The molecule has 0 radical (unpaired) electrons. The Morgan fingerprint density at radius 1 is 0.750 bits per heavy atom. The van der Waals surface area contributed by atoms with Gasteiger partial charge in [-0.3, -0.25) is 0 Å². The fourth-order valence-electron chi connectivity index (χ4n) is 4.70. The first-order valence-corrected chi connectivity index (χ1v) is 12.6. The van der Waals surface area contributed by atoms with Crippen LogP contribution in [-0.4, -0.2) is 40.9 Å². The van der Waals surface area contributed by atoms with Crippen LogP contribution < -0.4 is 5.32 Å². The van der Waals surface area contributed by atoms with Crippen molar-refractivity contribution in [2.45, 2.75) is 18.4 Å². The van der Waals surface area contributed by atoms with E-state index in [-0.39, 0.29) is 24.5 Å². The van der Waals surface area contributed by atoms with E-state index in [1.54, 1.807) is 36.4 Å². The van der Waals surface area contributed by atoms with Crippen LogP contribution in [0, 0.1) is 0 Å². The van der Waals surface area contributed by atoms with Gasteiger partial charge in [-0.15, -0.1) is 0 Å². The first-order chi connectivity index (χ1) is 19.4. The summed E-state index contributed by atoms with van der Waals surface area (Å²) in [6.45, 7) is 0.0882. The lowest BCUT2D eigenvalue weighted by Crippen LogP contribution is -2.42. The predicted molar refractivity (Wildman–Crippen MR) is 147 cm³/mol. The topological polar surface area (TPSA) is 138 Å². The number of nitrogens with zero attached hydrogens (tertiary/aromatic N) is 2. The molecule has 3 N–H and O–H groups in total. The van der Waals surface area contributed by atoms with Crippen LogP contribution in [0.15, 0.2) is 107 Å². The highest BCUT2D eigenvalue weighted by atomic mass is 16.5. The standard InChI is InChI=1S/C31H25N3O6/c35-29(36)20-11-15-22(16-12-20)34-33-21-13-9-19(10-14-21)17-28(30(37)38)32-31(39)40-18-27-25-7-3-1-5-23(25)24-6-2-4-8-26(24)27/h1-16,27-28H,17-18H2,(H,32,39)(H,35,36)(H,37,38)/t28-/m0/s1. The van der Waals surface area contributed by atoms with E-state index in [0.29, 0.717) is 16.9 Å². The van der Waals surface area contributed by atoms with Gasteiger partial charge in [0.25, 0.3) is 0 Å². The molecular formula is C31H25N3O6. The number of alkyl carbamates (subject to hydrolysis) is 1. The molecule has 0 aromatic heterocycles. The number of hydrogen-bond acceptors (Lipinski definition) is 6.